The van der Waals surface area contributed by atoms with Crippen molar-refractivity contribution < 1.29 is 14.2 Å². The van der Waals surface area contributed by atoms with E-state index in [-0.39, 0.29) is 6.29 Å². The Morgan fingerprint density at radius 1 is 1.18 bits per heavy atom. The molecule has 1 aromatic rings. The number of ether oxygens (including phenoxy) is 3. The van der Waals surface area contributed by atoms with Gasteiger partial charge in [0.1, 0.15) is 12.4 Å². The van der Waals surface area contributed by atoms with Crippen LogP contribution in [0.4, 0.5) is 0 Å². The number of rotatable bonds is 3. The Kier molecular flexibility index (Phi) is 4.69. The molecule has 0 amide bonds. The van der Waals surface area contributed by atoms with Crippen molar-refractivity contribution in [3.05, 3.63) is 29.8 Å². The summed E-state index contributed by atoms with van der Waals surface area (Å²) in [6.07, 6.45) is -0.236. The lowest BCUT2D eigenvalue weighted by atomic mass is 10.2. The molecule has 0 spiro atoms. The Morgan fingerprint density at radius 3 is 2.53 bits per heavy atom. The van der Waals surface area contributed by atoms with Gasteiger partial charge in [0, 0.05) is 5.56 Å². The van der Waals surface area contributed by atoms with Crippen LogP contribution in [0.2, 0.25) is 0 Å². The molecule has 3 nitrogen and oxygen atoms in total. The summed E-state index contributed by atoms with van der Waals surface area (Å²) in [7, 11) is 0. The van der Waals surface area contributed by atoms with Gasteiger partial charge in [-0.3, -0.25) is 0 Å². The van der Waals surface area contributed by atoms with Crippen LogP contribution in [0.1, 0.15) is 11.9 Å². The van der Waals surface area contributed by atoms with E-state index in [9.17, 15) is 0 Å². The molecule has 1 saturated heterocycles. The highest BCUT2D eigenvalue weighted by Gasteiger charge is 2.17. The molecule has 0 atom stereocenters. The second-order valence-electron chi connectivity index (χ2n) is 3.42. The van der Waals surface area contributed by atoms with Crippen molar-refractivity contribution in [1.29, 1.82) is 0 Å². The van der Waals surface area contributed by atoms with Crippen LogP contribution in [0.25, 0.3) is 0 Å². The molecule has 0 N–H and O–H groups in total. The summed E-state index contributed by atoms with van der Waals surface area (Å²) in [5, 5.41) is 0. The minimum Gasteiger partial charge on any atom is -0.481 e. The number of hydrogen-bond donors (Lipinski definition) is 0. The zero-order valence-corrected chi connectivity index (χ0v) is 10.1. The van der Waals surface area contributed by atoms with Gasteiger partial charge in [-0.15, -0.1) is 11.6 Å². The van der Waals surface area contributed by atoms with Crippen LogP contribution in [0, 0.1) is 11.8 Å². The maximum absolute atomic E-state index is 5.42. The van der Waals surface area contributed by atoms with Gasteiger partial charge in [0.2, 0.25) is 0 Å². The molecule has 1 aliphatic heterocycles. The first-order valence-corrected chi connectivity index (χ1v) is 5.91. The summed E-state index contributed by atoms with van der Waals surface area (Å²) in [6.45, 7) is 1.65. The van der Waals surface area contributed by atoms with Crippen molar-refractivity contribution in [1.82, 2.24) is 0 Å². The third-order valence-corrected chi connectivity index (χ3v) is 2.41. The first-order chi connectivity index (χ1) is 8.40. The van der Waals surface area contributed by atoms with E-state index in [4.69, 9.17) is 25.8 Å². The van der Waals surface area contributed by atoms with Gasteiger partial charge in [0.05, 0.1) is 19.1 Å². The zero-order chi connectivity index (χ0) is 11.9. The fraction of sp³-hybridized carbons (Fsp3) is 0.385. The first-order valence-electron chi connectivity index (χ1n) is 5.38. The maximum atomic E-state index is 5.42. The van der Waals surface area contributed by atoms with Crippen molar-refractivity contribution >= 4 is 11.6 Å². The van der Waals surface area contributed by atoms with E-state index < -0.39 is 0 Å². The van der Waals surface area contributed by atoms with Crippen LogP contribution in [0.5, 0.6) is 5.75 Å². The van der Waals surface area contributed by atoms with Crippen molar-refractivity contribution in [3.8, 4) is 17.6 Å². The third-order valence-electron chi connectivity index (χ3n) is 2.28. The second kappa shape index (κ2) is 6.51. The van der Waals surface area contributed by atoms with Crippen molar-refractivity contribution in [2.45, 2.75) is 6.29 Å². The number of benzene rings is 1. The Hall–Kier alpha value is -1.21. The Morgan fingerprint density at radius 2 is 1.88 bits per heavy atom. The average molecular weight is 253 g/mol. The molecule has 0 unspecified atom stereocenters. The number of halogens is 1. The van der Waals surface area contributed by atoms with Crippen molar-refractivity contribution in [2.24, 2.45) is 0 Å². The van der Waals surface area contributed by atoms with Crippen molar-refractivity contribution in [3.63, 3.8) is 0 Å². The predicted octanol–water partition coefficient (Wildman–Crippen LogP) is 2.35. The SMILES string of the molecule is ClCC#CCOc1ccc(C2OCCO2)cc1. The van der Waals surface area contributed by atoms with Gasteiger partial charge < -0.3 is 14.2 Å². The largest absolute Gasteiger partial charge is 0.481 e. The molecule has 4 heteroatoms. The second-order valence-corrected chi connectivity index (χ2v) is 3.69. The molecule has 0 saturated carbocycles. The Bertz CT molecular complexity index is 399. The van der Waals surface area contributed by atoms with Crippen LogP contribution in [0.3, 0.4) is 0 Å². The number of hydrogen-bond acceptors (Lipinski definition) is 3. The van der Waals surface area contributed by atoms with E-state index in [0.29, 0.717) is 25.7 Å². The Labute approximate surface area is 106 Å². The van der Waals surface area contributed by atoms with Gasteiger partial charge in [0.15, 0.2) is 6.29 Å². The standard InChI is InChI=1S/C13H13ClO3/c14-7-1-2-8-15-12-5-3-11(4-6-12)13-16-9-10-17-13/h3-6,13H,7-10H2. The molecular formula is C13H13ClO3. The van der Waals surface area contributed by atoms with E-state index in [1.165, 1.54) is 0 Å². The van der Waals surface area contributed by atoms with E-state index in [1.807, 2.05) is 24.3 Å². The molecule has 90 valence electrons. The lowest BCUT2D eigenvalue weighted by Crippen LogP contribution is -1.98. The third kappa shape index (κ3) is 3.64. The minimum atomic E-state index is -0.236. The molecule has 1 aromatic carbocycles. The quantitative estimate of drug-likeness (QED) is 0.611. The monoisotopic (exact) mass is 252 g/mol. The van der Waals surface area contributed by atoms with E-state index in [0.717, 1.165) is 11.3 Å². The van der Waals surface area contributed by atoms with Crippen LogP contribution >= 0.6 is 11.6 Å². The zero-order valence-electron chi connectivity index (χ0n) is 9.32. The summed E-state index contributed by atoms with van der Waals surface area (Å²) in [6, 6.07) is 7.62. The lowest BCUT2D eigenvalue weighted by molar-refractivity contribution is -0.0441. The highest BCUT2D eigenvalue weighted by molar-refractivity contribution is 6.19. The Balaban J connectivity index is 1.88. The topological polar surface area (TPSA) is 27.7 Å². The molecule has 0 aliphatic carbocycles. The van der Waals surface area contributed by atoms with Gasteiger partial charge in [-0.25, -0.2) is 0 Å². The fourth-order valence-corrected chi connectivity index (χ4v) is 1.58. The highest BCUT2D eigenvalue weighted by atomic mass is 35.5. The van der Waals surface area contributed by atoms with E-state index >= 15 is 0 Å². The maximum Gasteiger partial charge on any atom is 0.184 e. The van der Waals surface area contributed by atoms with Gasteiger partial charge in [-0.05, 0) is 12.1 Å². The predicted molar refractivity (Wildman–Crippen MR) is 65.1 cm³/mol. The van der Waals surface area contributed by atoms with Gasteiger partial charge in [-0.1, -0.05) is 24.0 Å². The van der Waals surface area contributed by atoms with Crippen LogP contribution in [0.15, 0.2) is 24.3 Å². The summed E-state index contributed by atoms with van der Waals surface area (Å²) < 4.78 is 16.2. The van der Waals surface area contributed by atoms with Gasteiger partial charge in [0.25, 0.3) is 0 Å². The minimum absolute atomic E-state index is 0.236. The fourth-order valence-electron chi connectivity index (χ4n) is 1.49. The molecule has 1 fully saturated rings. The average Bonchev–Trinajstić information content (AvgIpc) is 2.89. The molecule has 1 heterocycles. The summed E-state index contributed by atoms with van der Waals surface area (Å²) >= 11 is 5.42. The summed E-state index contributed by atoms with van der Waals surface area (Å²) in [5.41, 5.74) is 1.00. The van der Waals surface area contributed by atoms with E-state index in [2.05, 4.69) is 11.8 Å². The molecule has 0 radical (unpaired) electrons. The van der Waals surface area contributed by atoms with Crippen LogP contribution < -0.4 is 4.74 Å². The highest BCUT2D eigenvalue weighted by Crippen LogP contribution is 2.24. The molecular weight excluding hydrogens is 240 g/mol. The molecule has 0 bridgehead atoms. The molecule has 0 aromatic heterocycles. The number of alkyl halides is 1. The summed E-state index contributed by atoms with van der Waals surface area (Å²) in [4.78, 5) is 0. The van der Waals surface area contributed by atoms with Crippen LogP contribution in [-0.2, 0) is 9.47 Å². The molecule has 2 rings (SSSR count). The van der Waals surface area contributed by atoms with E-state index in [1.54, 1.807) is 0 Å². The smallest absolute Gasteiger partial charge is 0.184 e. The first kappa shape index (κ1) is 12.3. The van der Waals surface area contributed by atoms with Crippen LogP contribution in [-0.4, -0.2) is 25.7 Å². The summed E-state index contributed by atoms with van der Waals surface area (Å²) in [5.74, 6) is 6.63. The van der Waals surface area contributed by atoms with Crippen molar-refractivity contribution in [2.75, 3.05) is 25.7 Å². The molecule has 17 heavy (non-hydrogen) atoms. The van der Waals surface area contributed by atoms with Gasteiger partial charge >= 0.3 is 0 Å². The van der Waals surface area contributed by atoms with Gasteiger partial charge in [-0.2, -0.15) is 0 Å². The molecule has 1 aliphatic rings. The normalized spacial score (nSPS) is 15.4. The lowest BCUT2D eigenvalue weighted by Gasteiger charge is -2.09.